The highest BCUT2D eigenvalue weighted by atomic mass is 35.5. The molecule has 3 rings (SSSR count). The van der Waals surface area contributed by atoms with Crippen molar-refractivity contribution in [2.45, 2.75) is 50.1 Å². The van der Waals surface area contributed by atoms with E-state index in [1.165, 1.54) is 0 Å². The van der Waals surface area contributed by atoms with Crippen LogP contribution < -0.4 is 10.6 Å². The second kappa shape index (κ2) is 5.68. The van der Waals surface area contributed by atoms with Crippen LogP contribution in [0.3, 0.4) is 0 Å². The summed E-state index contributed by atoms with van der Waals surface area (Å²) in [7, 11) is 0. The molecule has 0 spiro atoms. The van der Waals surface area contributed by atoms with Gasteiger partial charge in [0.15, 0.2) is 0 Å². The number of rotatable bonds is 3. The number of carbonyl (C=O) groups is 2. The van der Waals surface area contributed by atoms with E-state index in [-0.39, 0.29) is 23.4 Å². The highest BCUT2D eigenvalue weighted by Gasteiger charge is 2.39. The van der Waals surface area contributed by atoms with Gasteiger partial charge in [-0.05, 0) is 37.0 Å². The Kier molecular flexibility index (Phi) is 3.89. The van der Waals surface area contributed by atoms with Crippen molar-refractivity contribution in [3.05, 3.63) is 34.9 Å². The van der Waals surface area contributed by atoms with Crippen LogP contribution in [-0.2, 0) is 15.1 Å². The molecule has 0 aromatic heterocycles. The van der Waals surface area contributed by atoms with E-state index in [1.807, 2.05) is 24.3 Å². The fourth-order valence-electron chi connectivity index (χ4n) is 3.37. The van der Waals surface area contributed by atoms with Gasteiger partial charge in [-0.2, -0.15) is 0 Å². The Labute approximate surface area is 129 Å². The van der Waals surface area contributed by atoms with Crippen molar-refractivity contribution >= 4 is 23.4 Å². The van der Waals surface area contributed by atoms with Gasteiger partial charge in [-0.15, -0.1) is 0 Å². The van der Waals surface area contributed by atoms with E-state index in [2.05, 4.69) is 10.6 Å². The summed E-state index contributed by atoms with van der Waals surface area (Å²) in [5.41, 5.74) is 0.789. The molecule has 0 bridgehead atoms. The molecule has 2 amide bonds. The van der Waals surface area contributed by atoms with Crippen LogP contribution in [0, 0.1) is 0 Å². The van der Waals surface area contributed by atoms with Gasteiger partial charge in [0.25, 0.3) is 0 Å². The van der Waals surface area contributed by atoms with Crippen LogP contribution in [-0.4, -0.2) is 17.9 Å². The largest absolute Gasteiger partial charge is 0.345 e. The molecule has 1 aliphatic heterocycles. The molecule has 4 nitrogen and oxygen atoms in total. The molecule has 2 aliphatic rings. The van der Waals surface area contributed by atoms with Crippen LogP contribution in [0.5, 0.6) is 0 Å². The summed E-state index contributed by atoms with van der Waals surface area (Å²) in [6, 6.07) is 7.31. The van der Waals surface area contributed by atoms with Crippen LogP contribution >= 0.6 is 11.6 Å². The average Bonchev–Trinajstić information content (AvgIpc) is 3.09. The van der Waals surface area contributed by atoms with Gasteiger partial charge in [-0.1, -0.05) is 36.6 Å². The van der Waals surface area contributed by atoms with Crippen molar-refractivity contribution in [3.63, 3.8) is 0 Å². The second-order valence-corrected chi connectivity index (χ2v) is 6.38. The van der Waals surface area contributed by atoms with E-state index in [4.69, 9.17) is 11.6 Å². The van der Waals surface area contributed by atoms with Crippen molar-refractivity contribution in [2.75, 3.05) is 0 Å². The smallest absolute Gasteiger partial charge is 0.243 e. The van der Waals surface area contributed by atoms with Gasteiger partial charge < -0.3 is 10.6 Å². The molecular formula is C16H19ClN2O2. The van der Waals surface area contributed by atoms with Crippen molar-refractivity contribution in [3.8, 4) is 0 Å². The van der Waals surface area contributed by atoms with E-state index in [1.54, 1.807) is 0 Å². The fourth-order valence-corrected chi connectivity index (χ4v) is 3.49. The van der Waals surface area contributed by atoms with E-state index in [0.29, 0.717) is 17.9 Å². The maximum Gasteiger partial charge on any atom is 0.243 e. The molecule has 1 aromatic carbocycles. The Morgan fingerprint density at radius 3 is 2.48 bits per heavy atom. The third kappa shape index (κ3) is 2.91. The van der Waals surface area contributed by atoms with Crippen LogP contribution in [0.2, 0.25) is 5.02 Å². The first-order valence-corrected chi connectivity index (χ1v) is 7.84. The Balaban J connectivity index is 1.79. The molecule has 0 unspecified atom stereocenters. The molecule has 0 radical (unpaired) electrons. The lowest BCUT2D eigenvalue weighted by Crippen LogP contribution is -2.50. The Bertz CT molecular complexity index is 550. The number of carbonyl (C=O) groups excluding carboxylic acids is 2. The van der Waals surface area contributed by atoms with Gasteiger partial charge in [0.1, 0.15) is 6.04 Å². The first kappa shape index (κ1) is 14.4. The number of benzene rings is 1. The summed E-state index contributed by atoms with van der Waals surface area (Å²) in [6.45, 7) is 0. The summed E-state index contributed by atoms with van der Waals surface area (Å²) in [5.74, 6) is -0.111. The zero-order valence-electron chi connectivity index (χ0n) is 11.8. The lowest BCUT2D eigenvalue weighted by molar-refractivity contribution is -0.127. The molecule has 21 heavy (non-hydrogen) atoms. The van der Waals surface area contributed by atoms with Crippen molar-refractivity contribution < 1.29 is 9.59 Å². The number of halogens is 1. The maximum absolute atomic E-state index is 12.4. The Hall–Kier alpha value is -1.55. The molecule has 2 N–H and O–H groups in total. The average molecular weight is 307 g/mol. The van der Waals surface area contributed by atoms with Gasteiger partial charge in [0.05, 0.1) is 5.54 Å². The van der Waals surface area contributed by atoms with E-state index in [9.17, 15) is 9.59 Å². The summed E-state index contributed by atoms with van der Waals surface area (Å²) in [4.78, 5) is 23.7. The molecule has 1 atom stereocenters. The van der Waals surface area contributed by atoms with Crippen molar-refractivity contribution in [1.29, 1.82) is 0 Å². The third-order valence-electron chi connectivity index (χ3n) is 4.53. The molecular weight excluding hydrogens is 288 g/mol. The first-order chi connectivity index (χ1) is 10.1. The van der Waals surface area contributed by atoms with Crippen molar-refractivity contribution in [2.24, 2.45) is 0 Å². The van der Waals surface area contributed by atoms with E-state index in [0.717, 1.165) is 31.2 Å². The van der Waals surface area contributed by atoms with E-state index >= 15 is 0 Å². The minimum absolute atomic E-state index is 0.0397. The monoisotopic (exact) mass is 306 g/mol. The summed E-state index contributed by atoms with van der Waals surface area (Å²) in [6.07, 6.45) is 5.08. The summed E-state index contributed by atoms with van der Waals surface area (Å²) in [5, 5.41) is 6.62. The standard InChI is InChI=1S/C16H19ClN2O2/c17-12-5-3-11(4-6-12)16(9-1-2-10-16)19-15(21)13-7-8-14(20)18-13/h3-6,13H,1-2,7-10H2,(H,18,20)(H,19,21)/t13-/m0/s1. The maximum atomic E-state index is 12.4. The predicted molar refractivity (Wildman–Crippen MR) is 80.9 cm³/mol. The third-order valence-corrected chi connectivity index (χ3v) is 4.78. The zero-order valence-corrected chi connectivity index (χ0v) is 12.6. The fraction of sp³-hybridized carbons (Fsp3) is 0.500. The topological polar surface area (TPSA) is 58.2 Å². The van der Waals surface area contributed by atoms with Gasteiger partial charge in [-0.3, -0.25) is 9.59 Å². The van der Waals surface area contributed by atoms with Crippen LogP contribution in [0.25, 0.3) is 0 Å². The minimum atomic E-state index is -0.387. The van der Waals surface area contributed by atoms with Crippen LogP contribution in [0.4, 0.5) is 0 Å². The number of nitrogens with one attached hydrogen (secondary N) is 2. The Morgan fingerprint density at radius 1 is 1.24 bits per heavy atom. The number of amides is 2. The summed E-state index contributed by atoms with van der Waals surface area (Å²) < 4.78 is 0. The molecule has 1 saturated heterocycles. The lowest BCUT2D eigenvalue weighted by Gasteiger charge is -2.32. The van der Waals surface area contributed by atoms with E-state index < -0.39 is 0 Å². The van der Waals surface area contributed by atoms with Gasteiger partial charge in [-0.25, -0.2) is 0 Å². The van der Waals surface area contributed by atoms with Gasteiger partial charge >= 0.3 is 0 Å². The molecule has 1 heterocycles. The number of hydrogen-bond acceptors (Lipinski definition) is 2. The normalized spacial score (nSPS) is 23.9. The molecule has 2 fully saturated rings. The molecule has 1 aromatic rings. The van der Waals surface area contributed by atoms with Crippen molar-refractivity contribution in [1.82, 2.24) is 10.6 Å². The lowest BCUT2D eigenvalue weighted by atomic mass is 9.87. The predicted octanol–water partition coefficient (Wildman–Crippen LogP) is 2.50. The van der Waals surface area contributed by atoms with Gasteiger partial charge in [0, 0.05) is 11.4 Å². The highest BCUT2D eigenvalue weighted by Crippen LogP contribution is 2.39. The Morgan fingerprint density at radius 2 is 1.90 bits per heavy atom. The highest BCUT2D eigenvalue weighted by molar-refractivity contribution is 6.30. The molecule has 112 valence electrons. The molecule has 1 saturated carbocycles. The van der Waals surface area contributed by atoms with Crippen LogP contribution in [0.1, 0.15) is 44.1 Å². The zero-order chi connectivity index (χ0) is 14.9. The molecule has 1 aliphatic carbocycles. The number of hydrogen-bond donors (Lipinski definition) is 2. The second-order valence-electron chi connectivity index (χ2n) is 5.94. The first-order valence-electron chi connectivity index (χ1n) is 7.46. The SMILES string of the molecule is O=C1CC[C@@H](C(=O)NC2(c3ccc(Cl)cc3)CCCC2)N1. The minimum Gasteiger partial charge on any atom is -0.345 e. The molecule has 5 heteroatoms. The van der Waals surface area contributed by atoms with Gasteiger partial charge in [0.2, 0.25) is 11.8 Å². The summed E-state index contributed by atoms with van der Waals surface area (Å²) >= 11 is 5.95. The van der Waals surface area contributed by atoms with Crippen LogP contribution in [0.15, 0.2) is 24.3 Å². The quantitative estimate of drug-likeness (QED) is 0.901.